The molecule has 5 heteroatoms. The van der Waals surface area contributed by atoms with Gasteiger partial charge in [0.15, 0.2) is 0 Å². The van der Waals surface area contributed by atoms with Gasteiger partial charge in [0.1, 0.15) is 0 Å². The van der Waals surface area contributed by atoms with E-state index in [1.807, 2.05) is 37.3 Å². The second kappa shape index (κ2) is 9.20. The first-order chi connectivity index (χ1) is 13.5. The summed E-state index contributed by atoms with van der Waals surface area (Å²) in [6, 6.07) is 23.6. The van der Waals surface area contributed by atoms with Crippen LogP contribution in [0, 0.1) is 0 Å². The van der Waals surface area contributed by atoms with Gasteiger partial charge >= 0.3 is 0 Å². The summed E-state index contributed by atoms with van der Waals surface area (Å²) < 4.78 is 0. The van der Waals surface area contributed by atoms with Gasteiger partial charge in [-0.15, -0.1) is 0 Å². The van der Waals surface area contributed by atoms with Crippen molar-refractivity contribution in [3.8, 4) is 0 Å². The molecule has 0 saturated heterocycles. The number of hydrogen-bond acceptors (Lipinski definition) is 2. The lowest BCUT2D eigenvalue weighted by atomic mass is 10.1. The minimum atomic E-state index is -0.358. The third-order valence-electron chi connectivity index (χ3n) is 4.30. The zero-order valence-electron chi connectivity index (χ0n) is 15.5. The molecule has 3 rings (SSSR count). The summed E-state index contributed by atoms with van der Waals surface area (Å²) in [6.07, 6.45) is 0.723. The van der Waals surface area contributed by atoms with Crippen LogP contribution in [0.25, 0.3) is 0 Å². The zero-order chi connectivity index (χ0) is 19.9. The lowest BCUT2D eigenvalue weighted by molar-refractivity contribution is 0.0941. The van der Waals surface area contributed by atoms with Gasteiger partial charge in [-0.2, -0.15) is 0 Å². The van der Waals surface area contributed by atoms with E-state index in [0.29, 0.717) is 21.8 Å². The van der Waals surface area contributed by atoms with Crippen LogP contribution >= 0.6 is 11.6 Å². The summed E-state index contributed by atoms with van der Waals surface area (Å²) in [5, 5.41) is 6.14. The van der Waals surface area contributed by atoms with Gasteiger partial charge in [0.2, 0.25) is 0 Å². The zero-order valence-corrected chi connectivity index (χ0v) is 16.2. The normalized spacial score (nSPS) is 11.5. The van der Waals surface area contributed by atoms with Gasteiger partial charge in [0.05, 0.1) is 21.8 Å². The Morgan fingerprint density at radius 1 is 0.821 bits per heavy atom. The highest BCUT2D eigenvalue weighted by Gasteiger charge is 2.17. The third-order valence-corrected chi connectivity index (χ3v) is 4.63. The molecular formula is C23H21ClN2O2. The van der Waals surface area contributed by atoms with Gasteiger partial charge in [-0.1, -0.05) is 66.2 Å². The highest BCUT2D eigenvalue weighted by atomic mass is 35.5. The van der Waals surface area contributed by atoms with Crippen LogP contribution in [-0.4, -0.2) is 17.9 Å². The number of nitrogens with one attached hydrogen (secondary N) is 2. The Morgan fingerprint density at radius 3 is 2.14 bits per heavy atom. The van der Waals surface area contributed by atoms with Crippen LogP contribution in [0.4, 0.5) is 5.69 Å². The molecule has 3 aromatic rings. The van der Waals surface area contributed by atoms with E-state index in [2.05, 4.69) is 10.6 Å². The van der Waals surface area contributed by atoms with E-state index in [1.165, 1.54) is 0 Å². The fourth-order valence-electron chi connectivity index (χ4n) is 2.95. The predicted octanol–water partition coefficient (Wildman–Crippen LogP) is 4.95. The average Bonchev–Trinajstić information content (AvgIpc) is 2.69. The quantitative estimate of drug-likeness (QED) is 0.623. The molecule has 1 unspecified atom stereocenters. The van der Waals surface area contributed by atoms with E-state index in [9.17, 15) is 9.59 Å². The minimum Gasteiger partial charge on any atom is -0.349 e. The van der Waals surface area contributed by atoms with Crippen LogP contribution in [0.5, 0.6) is 0 Å². The van der Waals surface area contributed by atoms with Gasteiger partial charge in [-0.25, -0.2) is 0 Å². The summed E-state index contributed by atoms with van der Waals surface area (Å²) in [6.45, 7) is 1.95. The minimum absolute atomic E-state index is 0.0535. The molecule has 0 aromatic heterocycles. The molecule has 0 aliphatic rings. The maximum absolute atomic E-state index is 12.8. The standard InChI is InChI=1S/C23H21ClN2O2/c1-16(15-17-9-3-2-4-10-17)25-23(28)19-12-6-8-14-21(19)26-22(27)18-11-5-7-13-20(18)24/h2-14,16H,15H2,1H3,(H,25,28)(H,26,27). The summed E-state index contributed by atoms with van der Waals surface area (Å²) in [4.78, 5) is 25.3. The number of rotatable bonds is 6. The predicted molar refractivity (Wildman–Crippen MR) is 113 cm³/mol. The Kier molecular flexibility index (Phi) is 6.45. The first kappa shape index (κ1) is 19.6. The largest absolute Gasteiger partial charge is 0.349 e. The molecule has 2 N–H and O–H groups in total. The average molecular weight is 393 g/mol. The molecule has 3 aromatic carbocycles. The van der Waals surface area contributed by atoms with Crippen molar-refractivity contribution < 1.29 is 9.59 Å². The summed E-state index contributed by atoms with van der Waals surface area (Å²) >= 11 is 6.09. The van der Waals surface area contributed by atoms with Crippen molar-refractivity contribution in [1.82, 2.24) is 5.32 Å². The molecule has 0 aliphatic heterocycles. The lowest BCUT2D eigenvalue weighted by Gasteiger charge is -2.16. The number of amides is 2. The molecule has 0 spiro atoms. The summed E-state index contributed by atoms with van der Waals surface area (Å²) in [5.41, 5.74) is 2.35. The maximum Gasteiger partial charge on any atom is 0.257 e. The molecule has 0 bridgehead atoms. The van der Waals surface area contributed by atoms with E-state index in [1.54, 1.807) is 48.5 Å². The van der Waals surface area contributed by atoms with Crippen molar-refractivity contribution in [3.05, 3.63) is 101 Å². The van der Waals surface area contributed by atoms with Crippen molar-refractivity contribution in [3.63, 3.8) is 0 Å². The Labute approximate surface area is 169 Å². The molecule has 4 nitrogen and oxygen atoms in total. The van der Waals surface area contributed by atoms with Crippen molar-refractivity contribution in [2.24, 2.45) is 0 Å². The van der Waals surface area contributed by atoms with Gasteiger partial charge in [0, 0.05) is 6.04 Å². The number of carbonyl (C=O) groups is 2. The number of halogens is 1. The first-order valence-corrected chi connectivity index (χ1v) is 9.42. The molecule has 0 saturated carbocycles. The number of carbonyl (C=O) groups excluding carboxylic acids is 2. The molecule has 0 fully saturated rings. The SMILES string of the molecule is CC(Cc1ccccc1)NC(=O)c1ccccc1NC(=O)c1ccccc1Cl. The van der Waals surface area contributed by atoms with Crippen LogP contribution in [-0.2, 0) is 6.42 Å². The smallest absolute Gasteiger partial charge is 0.257 e. The van der Waals surface area contributed by atoms with Gasteiger partial charge < -0.3 is 10.6 Å². The van der Waals surface area contributed by atoms with Crippen molar-refractivity contribution in [2.45, 2.75) is 19.4 Å². The Morgan fingerprint density at radius 2 is 1.43 bits per heavy atom. The highest BCUT2D eigenvalue weighted by molar-refractivity contribution is 6.34. The second-order valence-electron chi connectivity index (χ2n) is 6.54. The highest BCUT2D eigenvalue weighted by Crippen LogP contribution is 2.20. The van der Waals surface area contributed by atoms with Crippen LogP contribution in [0.2, 0.25) is 5.02 Å². The summed E-state index contributed by atoms with van der Waals surface area (Å²) in [5.74, 6) is -0.596. The van der Waals surface area contributed by atoms with E-state index >= 15 is 0 Å². The van der Waals surface area contributed by atoms with E-state index < -0.39 is 0 Å². The van der Waals surface area contributed by atoms with Gasteiger partial charge in [-0.3, -0.25) is 9.59 Å². The van der Waals surface area contributed by atoms with E-state index in [-0.39, 0.29) is 17.9 Å². The molecule has 0 heterocycles. The van der Waals surface area contributed by atoms with Crippen LogP contribution in [0.3, 0.4) is 0 Å². The monoisotopic (exact) mass is 392 g/mol. The molecule has 1 atom stereocenters. The fourth-order valence-corrected chi connectivity index (χ4v) is 3.17. The molecule has 0 aliphatic carbocycles. The Bertz CT molecular complexity index is 973. The number of anilines is 1. The van der Waals surface area contributed by atoms with Crippen LogP contribution in [0.1, 0.15) is 33.2 Å². The van der Waals surface area contributed by atoms with E-state index in [0.717, 1.165) is 12.0 Å². The molecule has 2 amide bonds. The van der Waals surface area contributed by atoms with Crippen molar-refractivity contribution in [2.75, 3.05) is 5.32 Å². The third kappa shape index (κ3) is 4.99. The topological polar surface area (TPSA) is 58.2 Å². The van der Waals surface area contributed by atoms with Crippen molar-refractivity contribution >= 4 is 29.1 Å². The Balaban J connectivity index is 1.71. The number of benzene rings is 3. The Hall–Kier alpha value is -3.11. The van der Waals surface area contributed by atoms with Crippen LogP contribution < -0.4 is 10.6 Å². The first-order valence-electron chi connectivity index (χ1n) is 9.04. The lowest BCUT2D eigenvalue weighted by Crippen LogP contribution is -2.34. The fraction of sp³-hybridized carbons (Fsp3) is 0.130. The number of hydrogen-bond donors (Lipinski definition) is 2. The number of para-hydroxylation sites is 1. The van der Waals surface area contributed by atoms with Crippen LogP contribution in [0.15, 0.2) is 78.9 Å². The molecule has 142 valence electrons. The van der Waals surface area contributed by atoms with Gasteiger partial charge in [-0.05, 0) is 43.2 Å². The molecule has 28 heavy (non-hydrogen) atoms. The van der Waals surface area contributed by atoms with E-state index in [4.69, 9.17) is 11.6 Å². The molecule has 0 radical (unpaired) electrons. The second-order valence-corrected chi connectivity index (χ2v) is 6.95. The van der Waals surface area contributed by atoms with Crippen molar-refractivity contribution in [1.29, 1.82) is 0 Å². The molecular weight excluding hydrogens is 372 g/mol. The van der Waals surface area contributed by atoms with Gasteiger partial charge in [0.25, 0.3) is 11.8 Å². The maximum atomic E-state index is 12.8. The summed E-state index contributed by atoms with van der Waals surface area (Å²) in [7, 11) is 0.